The molecule has 0 saturated heterocycles. The molecule has 0 bridgehead atoms. The molecular weight excluding hydrogens is 406 g/mol. The second-order valence-corrected chi connectivity index (χ2v) is 7.05. The first kappa shape index (κ1) is 24.0. The van der Waals surface area contributed by atoms with E-state index >= 15 is 0 Å². The molecule has 1 atom stereocenters. The highest BCUT2D eigenvalue weighted by molar-refractivity contribution is 6.27. The van der Waals surface area contributed by atoms with Gasteiger partial charge in [-0.2, -0.15) is 0 Å². The largest absolute Gasteiger partial charge is 0.490 e. The number of aliphatic carboxylic acids is 2. The number of ether oxygens (including phenoxy) is 3. The van der Waals surface area contributed by atoms with Gasteiger partial charge in [0, 0.05) is 13.1 Å². The Balaban J connectivity index is 0.000000501. The molecule has 0 spiro atoms. The van der Waals surface area contributed by atoms with Crippen molar-refractivity contribution in [3.8, 4) is 17.2 Å². The van der Waals surface area contributed by atoms with Gasteiger partial charge in [0.15, 0.2) is 11.5 Å². The first-order chi connectivity index (χ1) is 14.7. The summed E-state index contributed by atoms with van der Waals surface area (Å²) in [5.41, 5.74) is 4.49. The molecule has 9 nitrogen and oxygen atoms in total. The monoisotopic (exact) mass is 433 g/mol. The Labute approximate surface area is 180 Å². The maximum atomic E-state index is 10.2. The van der Waals surface area contributed by atoms with Crippen molar-refractivity contribution in [3.63, 3.8) is 0 Å². The zero-order valence-electron chi connectivity index (χ0n) is 17.7. The maximum absolute atomic E-state index is 10.2. The number of benzene rings is 2. The van der Waals surface area contributed by atoms with Crippen molar-refractivity contribution < 1.29 is 39.1 Å². The van der Waals surface area contributed by atoms with Crippen LogP contribution in [0.2, 0.25) is 0 Å². The summed E-state index contributed by atoms with van der Waals surface area (Å²) < 4.78 is 16.5. The third-order valence-electron chi connectivity index (χ3n) is 4.62. The third kappa shape index (κ3) is 7.16. The Hall–Kier alpha value is -3.30. The van der Waals surface area contributed by atoms with E-state index in [0.717, 1.165) is 33.9 Å². The molecule has 31 heavy (non-hydrogen) atoms. The Kier molecular flexibility index (Phi) is 8.65. The van der Waals surface area contributed by atoms with Crippen LogP contribution in [0.4, 0.5) is 0 Å². The topological polar surface area (TPSA) is 135 Å². The number of carboxylic acid groups (broad SMARTS) is 2. The Morgan fingerprint density at radius 3 is 2.35 bits per heavy atom. The fraction of sp³-hybridized carbons (Fsp3) is 0.364. The average Bonchev–Trinajstić information content (AvgIpc) is 3.19. The molecule has 0 aliphatic carbocycles. The normalized spacial score (nSPS) is 12.5. The van der Waals surface area contributed by atoms with Crippen LogP contribution in [0.1, 0.15) is 22.3 Å². The molecule has 0 aromatic heterocycles. The number of rotatable bonds is 7. The predicted molar refractivity (Wildman–Crippen MR) is 112 cm³/mol. The molecule has 168 valence electrons. The van der Waals surface area contributed by atoms with E-state index in [4.69, 9.17) is 34.0 Å². The second-order valence-electron chi connectivity index (χ2n) is 7.05. The number of hydrogen-bond donors (Lipinski definition) is 4. The van der Waals surface area contributed by atoms with Gasteiger partial charge in [0.2, 0.25) is 6.79 Å². The number of fused-ring (bicyclic) bond motifs is 1. The van der Waals surface area contributed by atoms with Gasteiger partial charge in [-0.1, -0.05) is 18.2 Å². The van der Waals surface area contributed by atoms with E-state index in [0.29, 0.717) is 13.1 Å². The molecule has 9 heteroatoms. The van der Waals surface area contributed by atoms with Crippen molar-refractivity contribution >= 4 is 11.9 Å². The van der Waals surface area contributed by atoms with Crippen LogP contribution in [0.15, 0.2) is 30.3 Å². The summed E-state index contributed by atoms with van der Waals surface area (Å²) >= 11 is 0. The Bertz CT molecular complexity index is 916. The van der Waals surface area contributed by atoms with Gasteiger partial charge in [-0.25, -0.2) is 9.59 Å². The van der Waals surface area contributed by atoms with Crippen molar-refractivity contribution in [2.75, 3.05) is 19.9 Å². The minimum atomic E-state index is -1.82. The number of aryl methyl sites for hydroxylation is 2. The summed E-state index contributed by atoms with van der Waals surface area (Å²) in [5, 5.41) is 28.2. The Morgan fingerprint density at radius 1 is 1.03 bits per heavy atom. The van der Waals surface area contributed by atoms with Crippen molar-refractivity contribution in [1.29, 1.82) is 0 Å². The first-order valence-corrected chi connectivity index (χ1v) is 9.62. The lowest BCUT2D eigenvalue weighted by atomic mass is 10.1. The van der Waals surface area contributed by atoms with Gasteiger partial charge in [0.25, 0.3) is 0 Å². The van der Waals surface area contributed by atoms with Crippen LogP contribution in [-0.2, 0) is 16.1 Å². The van der Waals surface area contributed by atoms with E-state index < -0.39 is 18.0 Å². The third-order valence-corrected chi connectivity index (χ3v) is 4.62. The smallest absolute Gasteiger partial charge is 0.414 e. The van der Waals surface area contributed by atoms with E-state index in [1.165, 1.54) is 5.56 Å². The minimum Gasteiger partial charge on any atom is -0.490 e. The molecule has 1 heterocycles. The van der Waals surface area contributed by atoms with Crippen molar-refractivity contribution in [2.24, 2.45) is 0 Å². The van der Waals surface area contributed by atoms with Crippen molar-refractivity contribution in [3.05, 3.63) is 52.6 Å². The number of carbonyl (C=O) groups is 2. The van der Waals surface area contributed by atoms with Crippen molar-refractivity contribution in [1.82, 2.24) is 5.32 Å². The fourth-order valence-electron chi connectivity index (χ4n) is 2.82. The summed E-state index contributed by atoms with van der Waals surface area (Å²) in [6.45, 7) is 7.77. The molecule has 1 unspecified atom stereocenters. The van der Waals surface area contributed by atoms with E-state index in [1.807, 2.05) is 38.1 Å². The molecule has 1 aliphatic rings. The fourth-order valence-corrected chi connectivity index (χ4v) is 2.82. The van der Waals surface area contributed by atoms with Gasteiger partial charge in [0.1, 0.15) is 18.5 Å². The molecule has 3 rings (SSSR count). The van der Waals surface area contributed by atoms with Gasteiger partial charge in [-0.15, -0.1) is 0 Å². The van der Waals surface area contributed by atoms with Crippen LogP contribution in [0.25, 0.3) is 0 Å². The lowest BCUT2D eigenvalue weighted by Gasteiger charge is -2.17. The molecule has 4 N–H and O–H groups in total. The molecule has 0 saturated carbocycles. The minimum absolute atomic E-state index is 0.263. The van der Waals surface area contributed by atoms with Gasteiger partial charge >= 0.3 is 11.9 Å². The summed E-state index contributed by atoms with van der Waals surface area (Å²) in [5.74, 6) is -1.23. The van der Waals surface area contributed by atoms with Gasteiger partial charge in [-0.3, -0.25) is 0 Å². The van der Waals surface area contributed by atoms with E-state index in [-0.39, 0.29) is 13.4 Å². The number of nitrogens with one attached hydrogen (secondary N) is 1. The molecular formula is C22H27NO8. The zero-order valence-corrected chi connectivity index (χ0v) is 17.7. The number of carboxylic acids is 2. The summed E-state index contributed by atoms with van der Waals surface area (Å²) in [6, 6.07) is 9.98. The zero-order chi connectivity index (χ0) is 23.0. The first-order valence-electron chi connectivity index (χ1n) is 9.62. The molecule has 0 amide bonds. The van der Waals surface area contributed by atoms with Crippen LogP contribution >= 0.6 is 0 Å². The van der Waals surface area contributed by atoms with Crippen LogP contribution in [0.5, 0.6) is 17.2 Å². The predicted octanol–water partition coefficient (Wildman–Crippen LogP) is 2.03. The highest BCUT2D eigenvalue weighted by Gasteiger charge is 2.14. The van der Waals surface area contributed by atoms with Crippen LogP contribution in [0, 0.1) is 20.8 Å². The lowest BCUT2D eigenvalue weighted by Crippen LogP contribution is -2.31. The van der Waals surface area contributed by atoms with E-state index in [9.17, 15) is 5.11 Å². The summed E-state index contributed by atoms with van der Waals surface area (Å²) in [7, 11) is 0. The highest BCUT2D eigenvalue weighted by Crippen LogP contribution is 2.32. The molecule has 0 fully saturated rings. The summed E-state index contributed by atoms with van der Waals surface area (Å²) in [6.07, 6.45) is -0.576. The van der Waals surface area contributed by atoms with Crippen molar-refractivity contribution in [2.45, 2.75) is 33.4 Å². The lowest BCUT2D eigenvalue weighted by molar-refractivity contribution is -0.159. The SMILES string of the molecule is Cc1ccc(C)c(OCC(O)CNCc2ccc3c(c2)OCO3)c1C.O=C(O)C(=O)O. The van der Waals surface area contributed by atoms with Crippen LogP contribution < -0.4 is 19.5 Å². The van der Waals surface area contributed by atoms with E-state index in [1.54, 1.807) is 0 Å². The Morgan fingerprint density at radius 2 is 1.68 bits per heavy atom. The number of hydrogen-bond acceptors (Lipinski definition) is 7. The maximum Gasteiger partial charge on any atom is 0.414 e. The highest BCUT2D eigenvalue weighted by atomic mass is 16.7. The van der Waals surface area contributed by atoms with Crippen LogP contribution in [0.3, 0.4) is 0 Å². The number of aliphatic hydroxyl groups is 1. The van der Waals surface area contributed by atoms with Gasteiger partial charge in [0.05, 0.1) is 0 Å². The molecule has 1 aliphatic heterocycles. The molecule has 2 aromatic rings. The second kappa shape index (κ2) is 11.2. The van der Waals surface area contributed by atoms with Gasteiger partial charge in [-0.05, 0) is 55.2 Å². The van der Waals surface area contributed by atoms with Gasteiger partial charge < -0.3 is 34.8 Å². The average molecular weight is 433 g/mol. The van der Waals surface area contributed by atoms with E-state index in [2.05, 4.69) is 18.3 Å². The number of aliphatic hydroxyl groups excluding tert-OH is 1. The van der Waals surface area contributed by atoms with Crippen LogP contribution in [-0.4, -0.2) is 53.3 Å². The quantitative estimate of drug-likeness (QED) is 0.484. The molecule has 0 radical (unpaired) electrons. The molecule has 2 aromatic carbocycles. The standard InChI is InChI=1S/C20H25NO4.C2H2O4/c1-13-4-5-14(2)20(15(13)3)23-11-17(22)10-21-9-16-6-7-18-19(8-16)25-12-24-18;3-1(4)2(5)6/h4-8,17,21-22H,9-12H2,1-3H3;(H,3,4)(H,5,6). The summed E-state index contributed by atoms with van der Waals surface area (Å²) in [4.78, 5) is 18.2.